The van der Waals surface area contributed by atoms with Gasteiger partial charge in [0.25, 0.3) is 5.91 Å². The molecule has 0 bridgehead atoms. The van der Waals surface area contributed by atoms with E-state index in [1.165, 1.54) is 12.1 Å². The van der Waals surface area contributed by atoms with Gasteiger partial charge in [0, 0.05) is 10.6 Å². The van der Waals surface area contributed by atoms with Crippen LogP contribution in [0.4, 0.5) is 0 Å². The van der Waals surface area contributed by atoms with Gasteiger partial charge in [-0.3, -0.25) is 9.59 Å². The predicted molar refractivity (Wildman–Crippen MR) is 124 cm³/mol. The summed E-state index contributed by atoms with van der Waals surface area (Å²) in [4.78, 5) is 24.9. The molecule has 0 saturated carbocycles. The molecule has 0 fully saturated rings. The molecule has 168 valence electrons. The maximum absolute atomic E-state index is 12.5. The Bertz CT molecular complexity index is 1020. The van der Waals surface area contributed by atoms with E-state index in [9.17, 15) is 14.7 Å². The quantitative estimate of drug-likeness (QED) is 0.496. The number of carbonyl (C=O) groups is 2. The van der Waals surface area contributed by atoms with E-state index in [-0.39, 0.29) is 34.8 Å². The summed E-state index contributed by atoms with van der Waals surface area (Å²) in [6.45, 7) is 3.69. The molecule has 1 aliphatic heterocycles. The Balaban J connectivity index is 1.61. The molecule has 1 atom stereocenters. The smallest absolute Gasteiger partial charge is 0.519 e. The van der Waals surface area contributed by atoms with Crippen molar-refractivity contribution in [1.29, 1.82) is 0 Å². The highest BCUT2D eigenvalue weighted by atomic mass is 35.5. The van der Waals surface area contributed by atoms with Crippen LogP contribution in [-0.4, -0.2) is 36.5 Å². The van der Waals surface area contributed by atoms with E-state index in [0.29, 0.717) is 17.0 Å². The Kier molecular flexibility index (Phi) is 7.93. The molecule has 0 aromatic heterocycles. The van der Waals surface area contributed by atoms with Crippen molar-refractivity contribution in [2.24, 2.45) is 5.92 Å². The lowest BCUT2D eigenvalue weighted by Crippen LogP contribution is -2.50. The molecule has 0 spiro atoms. The number of carbonyl (C=O) groups excluding carboxylic acids is 2. The number of rotatable bonds is 8. The van der Waals surface area contributed by atoms with Gasteiger partial charge in [0.2, 0.25) is 5.91 Å². The average Bonchev–Trinajstić information content (AvgIpc) is 3.15. The Morgan fingerprint density at radius 1 is 1.09 bits per heavy atom. The molecule has 0 radical (unpaired) electrons. The lowest BCUT2D eigenvalue weighted by Gasteiger charge is -2.22. The fraction of sp³-hybridized carbons (Fsp3) is 0.273. The van der Waals surface area contributed by atoms with Gasteiger partial charge in [-0.25, -0.2) is 0 Å². The summed E-state index contributed by atoms with van der Waals surface area (Å²) in [5.74, 6) is -1.45. The minimum Gasteiger partial charge on any atom is -0.519 e. The summed E-state index contributed by atoms with van der Waals surface area (Å²) in [7, 11) is -0.908. The van der Waals surface area contributed by atoms with E-state index >= 15 is 0 Å². The second-order valence-corrected chi connectivity index (χ2v) is 8.56. The zero-order chi connectivity index (χ0) is 23.3. The Hall–Kier alpha value is -2.84. The van der Waals surface area contributed by atoms with E-state index < -0.39 is 24.9 Å². The van der Waals surface area contributed by atoms with Gasteiger partial charge in [0.1, 0.15) is 0 Å². The lowest BCUT2D eigenvalue weighted by molar-refractivity contribution is -0.120. The minimum atomic E-state index is -0.908. The van der Waals surface area contributed by atoms with Crippen molar-refractivity contribution in [2.75, 3.05) is 6.54 Å². The van der Waals surface area contributed by atoms with Crippen molar-refractivity contribution < 1.29 is 24.0 Å². The first-order chi connectivity index (χ1) is 15.2. The number of aliphatic hydroxyl groups excluding tert-OH is 1. The van der Waals surface area contributed by atoms with Crippen LogP contribution < -0.4 is 10.6 Å². The molecule has 3 N–H and O–H groups in total. The van der Waals surface area contributed by atoms with E-state index in [1.54, 1.807) is 18.2 Å². The van der Waals surface area contributed by atoms with Gasteiger partial charge in [0.05, 0.1) is 23.1 Å². The van der Waals surface area contributed by atoms with Gasteiger partial charge in [-0.15, -0.1) is 0 Å². The van der Waals surface area contributed by atoms with Crippen LogP contribution in [0.25, 0.3) is 5.76 Å². The third kappa shape index (κ3) is 6.11. The number of hydrogen-bond donors (Lipinski definition) is 3. The standard InChI is InChI=1S/C22H23BCl2N2O5/c1-13(2)10-18(23-31-20(22(30)32-23)14-6-4-3-5-7-14)27-19(28)12-26-21(29)16-11-15(24)8-9-17(16)25/h3-9,11,13,18,30H,10,12H2,1-2H3,(H,26,29)(H,27,28)/t18-/m0/s1. The summed E-state index contributed by atoms with van der Waals surface area (Å²) in [6.07, 6.45) is 0.528. The SMILES string of the molecule is CC(C)C[C@H](NC(=O)CNC(=O)c1cc(Cl)ccc1Cl)B1OC(O)=C(c2ccccc2)O1. The molecule has 7 nitrogen and oxygen atoms in total. The summed E-state index contributed by atoms with van der Waals surface area (Å²) in [5, 5.41) is 16.1. The lowest BCUT2D eigenvalue weighted by atomic mass is 9.74. The molecule has 0 aliphatic carbocycles. The molecular formula is C22H23BCl2N2O5. The summed E-state index contributed by atoms with van der Waals surface area (Å²) >= 11 is 11.9. The molecule has 2 amide bonds. The molecular weight excluding hydrogens is 454 g/mol. The largest absolute Gasteiger partial charge is 0.621 e. The minimum absolute atomic E-state index is 0.176. The summed E-state index contributed by atoms with van der Waals surface area (Å²) < 4.78 is 11.3. The van der Waals surface area contributed by atoms with Crippen molar-refractivity contribution in [3.8, 4) is 0 Å². The molecule has 0 saturated heterocycles. The van der Waals surface area contributed by atoms with Crippen LogP contribution in [0.5, 0.6) is 0 Å². The second kappa shape index (κ2) is 10.7. The maximum atomic E-state index is 12.5. The molecule has 0 unspecified atom stereocenters. The molecule has 3 rings (SSSR count). The fourth-order valence-electron chi connectivity index (χ4n) is 3.23. The molecule has 1 heterocycles. The number of nitrogens with one attached hydrogen (secondary N) is 2. The molecule has 10 heteroatoms. The van der Waals surface area contributed by atoms with Crippen molar-refractivity contribution in [2.45, 2.75) is 26.2 Å². The first-order valence-electron chi connectivity index (χ1n) is 10.1. The predicted octanol–water partition coefficient (Wildman–Crippen LogP) is 4.21. The second-order valence-electron chi connectivity index (χ2n) is 7.71. The van der Waals surface area contributed by atoms with Crippen LogP contribution in [0.15, 0.2) is 54.5 Å². The van der Waals surface area contributed by atoms with E-state index in [1.807, 2.05) is 32.0 Å². The Morgan fingerprint density at radius 2 is 1.81 bits per heavy atom. The van der Waals surface area contributed by atoms with Gasteiger partial charge < -0.3 is 25.0 Å². The van der Waals surface area contributed by atoms with E-state index in [4.69, 9.17) is 32.5 Å². The van der Waals surface area contributed by atoms with Gasteiger partial charge in [-0.05, 0) is 30.5 Å². The fourth-order valence-corrected chi connectivity index (χ4v) is 3.61. The van der Waals surface area contributed by atoms with Crippen molar-refractivity contribution in [3.05, 3.63) is 75.6 Å². The number of amides is 2. The third-order valence-corrected chi connectivity index (χ3v) is 5.24. The average molecular weight is 477 g/mol. The van der Waals surface area contributed by atoms with Crippen molar-refractivity contribution >= 4 is 47.9 Å². The van der Waals surface area contributed by atoms with Crippen LogP contribution in [0.1, 0.15) is 36.2 Å². The Morgan fingerprint density at radius 3 is 2.50 bits per heavy atom. The van der Waals surface area contributed by atoms with Crippen LogP contribution in [-0.2, 0) is 14.1 Å². The molecule has 32 heavy (non-hydrogen) atoms. The number of benzene rings is 2. The van der Waals surface area contributed by atoms with Crippen molar-refractivity contribution in [3.63, 3.8) is 0 Å². The molecule has 2 aromatic rings. The highest BCUT2D eigenvalue weighted by Crippen LogP contribution is 2.29. The highest BCUT2D eigenvalue weighted by Gasteiger charge is 2.43. The maximum Gasteiger partial charge on any atom is 0.621 e. The first-order valence-corrected chi connectivity index (χ1v) is 10.8. The highest BCUT2D eigenvalue weighted by molar-refractivity contribution is 6.49. The summed E-state index contributed by atoms with van der Waals surface area (Å²) in [6, 6.07) is 13.5. The Labute approximate surface area is 196 Å². The van der Waals surface area contributed by atoms with Gasteiger partial charge >= 0.3 is 13.1 Å². The number of halogens is 2. The van der Waals surface area contributed by atoms with Crippen molar-refractivity contribution in [1.82, 2.24) is 10.6 Å². The normalized spacial score (nSPS) is 14.1. The van der Waals surface area contributed by atoms with E-state index in [2.05, 4.69) is 10.6 Å². The molecule has 2 aromatic carbocycles. The van der Waals surface area contributed by atoms with E-state index in [0.717, 1.165) is 0 Å². The van der Waals surface area contributed by atoms with Crippen LogP contribution in [0.3, 0.4) is 0 Å². The topological polar surface area (TPSA) is 96.9 Å². The zero-order valence-corrected chi connectivity index (χ0v) is 19.1. The van der Waals surface area contributed by atoms with Crippen LogP contribution in [0, 0.1) is 5.92 Å². The van der Waals surface area contributed by atoms with Crippen LogP contribution >= 0.6 is 23.2 Å². The van der Waals surface area contributed by atoms with Gasteiger partial charge in [-0.1, -0.05) is 67.4 Å². The third-order valence-electron chi connectivity index (χ3n) is 4.67. The molecule has 1 aliphatic rings. The van der Waals surface area contributed by atoms with Gasteiger partial charge in [0.15, 0.2) is 5.76 Å². The number of aliphatic hydroxyl groups is 1. The monoisotopic (exact) mass is 476 g/mol. The zero-order valence-electron chi connectivity index (χ0n) is 17.6. The summed E-state index contributed by atoms with van der Waals surface area (Å²) in [5.41, 5.74) is 0.836. The van der Waals surface area contributed by atoms with Crippen LogP contribution in [0.2, 0.25) is 10.0 Å². The van der Waals surface area contributed by atoms with Gasteiger partial charge in [-0.2, -0.15) is 0 Å². The first kappa shape index (κ1) is 23.8. The number of hydrogen-bond acceptors (Lipinski definition) is 5.